The molecule has 126 valence electrons. The summed E-state index contributed by atoms with van der Waals surface area (Å²) in [6.45, 7) is 6.75. The maximum Gasteiger partial charge on any atom is 0.317 e. The molecule has 1 atom stereocenters. The summed E-state index contributed by atoms with van der Waals surface area (Å²) < 4.78 is 11.6. The second-order valence-electron chi connectivity index (χ2n) is 5.89. The number of carbonyl (C=O) groups excluding carboxylic acids is 1. The molecule has 1 aromatic rings. The van der Waals surface area contributed by atoms with Crippen LogP contribution in [0.2, 0.25) is 0 Å². The van der Waals surface area contributed by atoms with Crippen molar-refractivity contribution in [3.05, 3.63) is 23.3 Å². The van der Waals surface area contributed by atoms with Crippen LogP contribution < -0.4 is 14.8 Å². The van der Waals surface area contributed by atoms with E-state index >= 15 is 0 Å². The number of nitrogens with one attached hydrogen (secondary N) is 1. The van der Waals surface area contributed by atoms with Gasteiger partial charge in [0.2, 0.25) is 0 Å². The summed E-state index contributed by atoms with van der Waals surface area (Å²) in [4.78, 5) is 14.1. The van der Waals surface area contributed by atoms with Crippen molar-refractivity contribution in [2.45, 2.75) is 32.9 Å². The Morgan fingerprint density at radius 3 is 2.96 bits per heavy atom. The van der Waals surface area contributed by atoms with E-state index in [4.69, 9.17) is 9.47 Å². The molecule has 2 amide bonds. The van der Waals surface area contributed by atoms with Gasteiger partial charge in [0.1, 0.15) is 17.6 Å². The topological polar surface area (TPSA) is 50.8 Å². The number of thioether (sulfide) groups is 1. The van der Waals surface area contributed by atoms with Crippen LogP contribution in [0.3, 0.4) is 0 Å². The lowest BCUT2D eigenvalue weighted by atomic mass is 10.1. The van der Waals surface area contributed by atoms with Gasteiger partial charge in [0.25, 0.3) is 0 Å². The lowest BCUT2D eigenvalue weighted by Crippen LogP contribution is -2.44. The molecular formula is C17H24N2O3S. The SMILES string of the molecule is CCOc1cc2c(cc1CNC(=O)N1CCSCC1)O[C@H](C)C2. The molecule has 2 aliphatic heterocycles. The number of benzene rings is 1. The standard InChI is InChI=1S/C17H24N2O3S/c1-3-21-15-9-13-8-12(2)22-16(13)10-14(15)11-18-17(20)19-4-6-23-7-5-19/h9-10,12H,3-8,11H2,1-2H3,(H,18,20)/t12-/m1/s1. The van der Waals surface area contributed by atoms with Crippen LogP contribution >= 0.6 is 11.8 Å². The fourth-order valence-corrected chi connectivity index (χ4v) is 3.86. The van der Waals surface area contributed by atoms with Gasteiger partial charge in [-0.25, -0.2) is 4.79 Å². The van der Waals surface area contributed by atoms with E-state index in [1.807, 2.05) is 29.7 Å². The quantitative estimate of drug-likeness (QED) is 0.918. The van der Waals surface area contributed by atoms with Crippen molar-refractivity contribution in [2.24, 2.45) is 0 Å². The molecule has 1 N–H and O–H groups in total. The average molecular weight is 336 g/mol. The smallest absolute Gasteiger partial charge is 0.317 e. The van der Waals surface area contributed by atoms with Crippen molar-refractivity contribution in [1.29, 1.82) is 0 Å². The summed E-state index contributed by atoms with van der Waals surface area (Å²) >= 11 is 1.90. The van der Waals surface area contributed by atoms with E-state index in [2.05, 4.69) is 18.3 Å². The summed E-state index contributed by atoms with van der Waals surface area (Å²) in [5, 5.41) is 3.01. The molecule has 1 fully saturated rings. The summed E-state index contributed by atoms with van der Waals surface area (Å²) in [5.41, 5.74) is 2.16. The Morgan fingerprint density at radius 1 is 1.43 bits per heavy atom. The first-order chi connectivity index (χ1) is 11.2. The molecule has 23 heavy (non-hydrogen) atoms. The molecule has 6 heteroatoms. The van der Waals surface area contributed by atoms with Crippen LogP contribution in [0.25, 0.3) is 0 Å². The first-order valence-electron chi connectivity index (χ1n) is 8.23. The third-order valence-corrected chi connectivity index (χ3v) is 5.05. The number of hydrogen-bond acceptors (Lipinski definition) is 4. The predicted octanol–water partition coefficient (Wildman–Crippen LogP) is 2.67. The third-order valence-electron chi connectivity index (χ3n) is 4.11. The van der Waals surface area contributed by atoms with Crippen molar-refractivity contribution in [1.82, 2.24) is 10.2 Å². The highest BCUT2D eigenvalue weighted by Gasteiger charge is 2.22. The lowest BCUT2D eigenvalue weighted by Gasteiger charge is -2.26. The first kappa shape index (κ1) is 16.3. The second-order valence-corrected chi connectivity index (χ2v) is 7.12. The number of nitrogens with zero attached hydrogens (tertiary/aromatic N) is 1. The molecule has 3 rings (SSSR count). The van der Waals surface area contributed by atoms with Crippen molar-refractivity contribution < 1.29 is 14.3 Å². The van der Waals surface area contributed by atoms with Gasteiger partial charge in [0.15, 0.2) is 0 Å². The summed E-state index contributed by atoms with van der Waals surface area (Å²) in [6.07, 6.45) is 1.11. The largest absolute Gasteiger partial charge is 0.494 e. The zero-order valence-electron chi connectivity index (χ0n) is 13.8. The van der Waals surface area contributed by atoms with Crippen LogP contribution in [-0.4, -0.2) is 48.2 Å². The fraction of sp³-hybridized carbons (Fsp3) is 0.588. The van der Waals surface area contributed by atoms with Gasteiger partial charge in [0, 0.05) is 48.7 Å². The van der Waals surface area contributed by atoms with E-state index in [9.17, 15) is 4.79 Å². The Balaban J connectivity index is 1.68. The molecule has 0 saturated carbocycles. The van der Waals surface area contributed by atoms with E-state index in [0.29, 0.717) is 13.2 Å². The highest BCUT2D eigenvalue weighted by Crippen LogP contribution is 2.35. The monoisotopic (exact) mass is 336 g/mol. The maximum atomic E-state index is 12.3. The van der Waals surface area contributed by atoms with Crippen LogP contribution in [0.1, 0.15) is 25.0 Å². The molecule has 0 radical (unpaired) electrons. The first-order valence-corrected chi connectivity index (χ1v) is 9.38. The van der Waals surface area contributed by atoms with Gasteiger partial charge in [-0.15, -0.1) is 0 Å². The Kier molecular flexibility index (Phi) is 5.20. The Morgan fingerprint density at radius 2 is 2.22 bits per heavy atom. The molecule has 0 bridgehead atoms. The predicted molar refractivity (Wildman–Crippen MR) is 92.5 cm³/mol. The normalized spacial score (nSPS) is 19.9. The van der Waals surface area contributed by atoms with E-state index in [1.165, 1.54) is 5.56 Å². The van der Waals surface area contributed by atoms with Crippen LogP contribution in [0.4, 0.5) is 4.79 Å². The molecular weight excluding hydrogens is 312 g/mol. The molecule has 0 spiro atoms. The second kappa shape index (κ2) is 7.34. The molecule has 0 aromatic heterocycles. The lowest BCUT2D eigenvalue weighted by molar-refractivity contribution is 0.202. The number of fused-ring (bicyclic) bond motifs is 1. The minimum absolute atomic E-state index is 0.00235. The molecule has 0 aliphatic carbocycles. The molecule has 2 aliphatic rings. The molecule has 2 heterocycles. The van der Waals surface area contributed by atoms with E-state index in [-0.39, 0.29) is 12.1 Å². The maximum absolute atomic E-state index is 12.3. The van der Waals surface area contributed by atoms with Gasteiger partial charge >= 0.3 is 6.03 Å². The highest BCUT2D eigenvalue weighted by molar-refractivity contribution is 7.99. The van der Waals surface area contributed by atoms with Crippen LogP contribution in [-0.2, 0) is 13.0 Å². The number of amides is 2. The summed E-state index contributed by atoms with van der Waals surface area (Å²) in [6, 6.07) is 4.07. The number of rotatable bonds is 4. The van der Waals surface area contributed by atoms with Gasteiger partial charge in [-0.1, -0.05) is 0 Å². The third kappa shape index (κ3) is 3.86. The number of hydrogen-bond donors (Lipinski definition) is 1. The van der Waals surface area contributed by atoms with E-state index < -0.39 is 0 Å². The Labute approximate surface area is 141 Å². The van der Waals surface area contributed by atoms with Gasteiger partial charge < -0.3 is 19.7 Å². The average Bonchev–Trinajstić information content (AvgIpc) is 2.92. The summed E-state index contributed by atoms with van der Waals surface area (Å²) in [5.74, 6) is 3.79. The number of urea groups is 1. The summed E-state index contributed by atoms with van der Waals surface area (Å²) in [7, 11) is 0. The van der Waals surface area contributed by atoms with E-state index in [1.54, 1.807) is 0 Å². The van der Waals surface area contributed by atoms with Gasteiger partial charge in [0.05, 0.1) is 6.61 Å². The molecule has 1 aromatic carbocycles. The van der Waals surface area contributed by atoms with Gasteiger partial charge in [-0.3, -0.25) is 0 Å². The van der Waals surface area contributed by atoms with Gasteiger partial charge in [-0.2, -0.15) is 11.8 Å². The Hall–Kier alpha value is -1.56. The highest BCUT2D eigenvalue weighted by atomic mass is 32.2. The Bertz CT molecular complexity index is 573. The van der Waals surface area contributed by atoms with Crippen LogP contribution in [0.5, 0.6) is 11.5 Å². The minimum Gasteiger partial charge on any atom is -0.494 e. The van der Waals surface area contributed by atoms with Crippen molar-refractivity contribution >= 4 is 17.8 Å². The van der Waals surface area contributed by atoms with E-state index in [0.717, 1.165) is 48.1 Å². The molecule has 0 unspecified atom stereocenters. The van der Waals surface area contributed by atoms with Crippen molar-refractivity contribution in [2.75, 3.05) is 31.2 Å². The number of carbonyl (C=O) groups is 1. The fourth-order valence-electron chi connectivity index (χ4n) is 2.96. The zero-order valence-corrected chi connectivity index (χ0v) is 14.6. The van der Waals surface area contributed by atoms with Gasteiger partial charge in [-0.05, 0) is 26.0 Å². The minimum atomic E-state index is 0.00235. The van der Waals surface area contributed by atoms with Crippen LogP contribution in [0.15, 0.2) is 12.1 Å². The molecule has 5 nitrogen and oxygen atoms in total. The van der Waals surface area contributed by atoms with Crippen molar-refractivity contribution in [3.8, 4) is 11.5 Å². The number of ether oxygens (including phenoxy) is 2. The molecule has 1 saturated heterocycles. The van der Waals surface area contributed by atoms with Crippen LogP contribution in [0, 0.1) is 0 Å². The zero-order chi connectivity index (χ0) is 16.2. The van der Waals surface area contributed by atoms with Crippen molar-refractivity contribution in [3.63, 3.8) is 0 Å².